The van der Waals surface area contributed by atoms with Gasteiger partial charge < -0.3 is 26.1 Å². The number of nitrogens with one attached hydrogen (secondary N) is 4. The molecule has 1 saturated heterocycles. The first kappa shape index (κ1) is 23.2. The number of anilines is 1. The monoisotopic (exact) mass is 478 g/mol. The van der Waals surface area contributed by atoms with E-state index in [1.54, 1.807) is 30.3 Å². The molecular weight excluding hydrogens is 460 g/mol. The number of alkyl halides is 1. The van der Waals surface area contributed by atoms with Crippen molar-refractivity contribution in [3.05, 3.63) is 47.0 Å². The zero-order valence-corrected chi connectivity index (χ0v) is 18.3. The van der Waals surface area contributed by atoms with Crippen LogP contribution >= 0.6 is 22.9 Å². The first-order chi connectivity index (χ1) is 15.4. The van der Waals surface area contributed by atoms with Gasteiger partial charge in [-0.15, -0.1) is 22.9 Å². The van der Waals surface area contributed by atoms with Crippen molar-refractivity contribution in [2.45, 2.75) is 12.1 Å². The maximum atomic E-state index is 13.0. The van der Waals surface area contributed by atoms with E-state index in [0.29, 0.717) is 12.1 Å². The number of carbonyl (C=O) groups is 4. The van der Waals surface area contributed by atoms with Crippen molar-refractivity contribution in [3.63, 3.8) is 0 Å². The van der Waals surface area contributed by atoms with E-state index in [0.717, 1.165) is 11.3 Å². The Labute approximate surface area is 191 Å². The number of thiazole rings is 1. The summed E-state index contributed by atoms with van der Waals surface area (Å²) in [5.74, 6) is -2.31. The lowest BCUT2D eigenvalue weighted by molar-refractivity contribution is -0.134. The molecule has 1 fully saturated rings. The molecule has 4 amide bonds. The molecule has 3 rings (SSSR count). The van der Waals surface area contributed by atoms with E-state index in [1.165, 1.54) is 12.5 Å². The Morgan fingerprint density at radius 1 is 1.34 bits per heavy atom. The van der Waals surface area contributed by atoms with Crippen LogP contribution in [0.5, 0.6) is 0 Å². The van der Waals surface area contributed by atoms with E-state index in [-0.39, 0.29) is 28.3 Å². The first-order valence-electron chi connectivity index (χ1n) is 9.29. The van der Waals surface area contributed by atoms with E-state index in [2.05, 4.69) is 31.4 Å². The molecule has 1 aliphatic heterocycles. The number of carbonyl (C=O) groups excluding carboxylic acids is 4. The molecule has 4 N–H and O–H groups in total. The number of nitrogens with zero attached hydrogens (tertiary/aromatic N) is 2. The van der Waals surface area contributed by atoms with Gasteiger partial charge in [-0.3, -0.25) is 19.2 Å². The summed E-state index contributed by atoms with van der Waals surface area (Å²) < 4.78 is 0. The van der Waals surface area contributed by atoms with Crippen LogP contribution in [0.1, 0.15) is 17.3 Å². The average molecular weight is 479 g/mol. The normalized spacial score (nSPS) is 16.2. The summed E-state index contributed by atoms with van der Waals surface area (Å²) >= 11 is 6.53. The predicted octanol–water partition coefficient (Wildman–Crippen LogP) is 0.143. The van der Waals surface area contributed by atoms with Crippen LogP contribution < -0.4 is 21.3 Å². The van der Waals surface area contributed by atoms with Gasteiger partial charge in [-0.05, 0) is 5.56 Å². The molecule has 2 aromatic rings. The number of β-lactam (4-membered cyclic amide) rings is 1. The smallest absolute Gasteiger partial charge is 0.276 e. The Kier molecular flexibility index (Phi) is 7.73. The van der Waals surface area contributed by atoms with Crippen LogP contribution in [0.25, 0.3) is 0 Å². The van der Waals surface area contributed by atoms with E-state index < -0.39 is 29.8 Å². The number of halogens is 1. The highest BCUT2D eigenvalue weighted by atomic mass is 35.5. The van der Waals surface area contributed by atoms with Gasteiger partial charge in [-0.25, -0.2) is 4.98 Å². The van der Waals surface area contributed by atoms with Gasteiger partial charge in [0.1, 0.15) is 30.8 Å². The molecule has 1 aromatic heterocycles. The summed E-state index contributed by atoms with van der Waals surface area (Å²) in [7, 11) is 1.26. The number of hydrogen-bond donors (Lipinski definition) is 4. The standard InChI is InChI=1S/C19H19ClN6O5S/c1-31-26-15(12-9-32-19(23-12)24-13(27)7-20)18(30)25-14(10-5-3-2-4-6-10)17(29)22-11-8-21-16(11)28/h2-6,9,11,14H,7-8H2,1H3,(H,21,28)(H,22,29)(H,25,30)(H,23,24,27)/b26-15-. The van der Waals surface area contributed by atoms with Crippen LogP contribution in [0.4, 0.5) is 5.13 Å². The Morgan fingerprint density at radius 2 is 2.09 bits per heavy atom. The molecule has 2 atom stereocenters. The molecule has 0 saturated carbocycles. The van der Waals surface area contributed by atoms with Gasteiger partial charge in [0, 0.05) is 11.9 Å². The van der Waals surface area contributed by atoms with Crippen molar-refractivity contribution in [2.24, 2.45) is 5.16 Å². The summed E-state index contributed by atoms with van der Waals surface area (Å²) in [6, 6.07) is 6.77. The van der Waals surface area contributed by atoms with E-state index in [4.69, 9.17) is 16.4 Å². The second-order valence-electron chi connectivity index (χ2n) is 6.47. The van der Waals surface area contributed by atoms with Crippen molar-refractivity contribution < 1.29 is 24.0 Å². The quantitative estimate of drug-likeness (QED) is 0.174. The van der Waals surface area contributed by atoms with Gasteiger partial charge in [-0.2, -0.15) is 0 Å². The lowest BCUT2D eigenvalue weighted by atomic mass is 10.0. The average Bonchev–Trinajstić information content (AvgIpc) is 3.26. The lowest BCUT2D eigenvalue weighted by Crippen LogP contribution is -2.63. The second-order valence-corrected chi connectivity index (χ2v) is 7.59. The van der Waals surface area contributed by atoms with Gasteiger partial charge in [0.2, 0.25) is 17.7 Å². The lowest BCUT2D eigenvalue weighted by Gasteiger charge is -2.29. The molecular formula is C19H19ClN6O5S. The Hall–Kier alpha value is -3.51. The molecule has 32 heavy (non-hydrogen) atoms. The summed E-state index contributed by atoms with van der Waals surface area (Å²) in [5, 5.41) is 15.7. The summed E-state index contributed by atoms with van der Waals surface area (Å²) in [5.41, 5.74) is 0.429. The SMILES string of the molecule is CO/N=C(\C(=O)NC(C(=O)NC1CNC1=O)c1ccccc1)c1csc(NC(=O)CCl)n1. The van der Waals surface area contributed by atoms with Crippen LogP contribution in [0.3, 0.4) is 0 Å². The Balaban J connectivity index is 1.81. The zero-order chi connectivity index (χ0) is 23.1. The van der Waals surface area contributed by atoms with E-state index in [1.807, 2.05) is 0 Å². The van der Waals surface area contributed by atoms with Crippen molar-refractivity contribution >= 4 is 57.4 Å². The zero-order valence-electron chi connectivity index (χ0n) is 16.8. The summed E-state index contributed by atoms with van der Waals surface area (Å²) in [6.07, 6.45) is 0. The molecule has 2 unspecified atom stereocenters. The third-order valence-electron chi connectivity index (χ3n) is 4.30. The first-order valence-corrected chi connectivity index (χ1v) is 10.7. The van der Waals surface area contributed by atoms with Crippen molar-refractivity contribution in [1.82, 2.24) is 20.9 Å². The largest absolute Gasteiger partial charge is 0.398 e. The molecule has 13 heteroatoms. The maximum Gasteiger partial charge on any atom is 0.276 e. The third-order valence-corrected chi connectivity index (χ3v) is 5.30. The molecule has 0 aliphatic carbocycles. The minimum Gasteiger partial charge on any atom is -0.398 e. The molecule has 1 aliphatic rings. The number of oxime groups is 1. The highest BCUT2D eigenvalue weighted by Crippen LogP contribution is 2.18. The molecule has 1 aromatic carbocycles. The number of amides is 4. The number of hydrogen-bond acceptors (Lipinski definition) is 8. The van der Waals surface area contributed by atoms with E-state index in [9.17, 15) is 19.2 Å². The molecule has 0 spiro atoms. The van der Waals surface area contributed by atoms with Crippen LogP contribution in [0.2, 0.25) is 0 Å². The van der Waals surface area contributed by atoms with Gasteiger partial charge in [0.05, 0.1) is 0 Å². The molecule has 11 nitrogen and oxygen atoms in total. The highest BCUT2D eigenvalue weighted by Gasteiger charge is 2.33. The van der Waals surface area contributed by atoms with Crippen LogP contribution in [0, 0.1) is 0 Å². The van der Waals surface area contributed by atoms with Crippen LogP contribution in [0.15, 0.2) is 40.9 Å². The van der Waals surface area contributed by atoms with Crippen LogP contribution in [-0.4, -0.2) is 59.9 Å². The fraction of sp³-hybridized carbons (Fsp3) is 0.263. The fourth-order valence-electron chi connectivity index (χ4n) is 2.69. The Bertz CT molecular complexity index is 1040. The number of rotatable bonds is 9. The van der Waals surface area contributed by atoms with Crippen molar-refractivity contribution in [1.29, 1.82) is 0 Å². The molecule has 0 bridgehead atoms. The highest BCUT2D eigenvalue weighted by molar-refractivity contribution is 7.14. The Morgan fingerprint density at radius 3 is 2.69 bits per heavy atom. The van der Waals surface area contributed by atoms with Gasteiger partial charge in [0.25, 0.3) is 5.91 Å². The topological polar surface area (TPSA) is 151 Å². The minimum atomic E-state index is -1.10. The number of aromatic nitrogens is 1. The third kappa shape index (κ3) is 5.59. The van der Waals surface area contributed by atoms with Gasteiger partial charge in [0.15, 0.2) is 10.8 Å². The fourth-order valence-corrected chi connectivity index (χ4v) is 3.47. The molecule has 2 heterocycles. The number of benzene rings is 1. The van der Waals surface area contributed by atoms with Crippen molar-refractivity contribution in [2.75, 3.05) is 24.9 Å². The van der Waals surface area contributed by atoms with Crippen molar-refractivity contribution in [3.8, 4) is 0 Å². The van der Waals surface area contributed by atoms with Crippen LogP contribution in [-0.2, 0) is 24.0 Å². The maximum absolute atomic E-state index is 13.0. The van der Waals surface area contributed by atoms with Gasteiger partial charge in [-0.1, -0.05) is 35.5 Å². The predicted molar refractivity (Wildman–Crippen MR) is 117 cm³/mol. The summed E-state index contributed by atoms with van der Waals surface area (Å²) in [4.78, 5) is 57.8. The molecule has 0 radical (unpaired) electrons. The second kappa shape index (κ2) is 10.7. The minimum absolute atomic E-state index is 0.129. The molecule has 168 valence electrons. The van der Waals surface area contributed by atoms with Gasteiger partial charge >= 0.3 is 0 Å². The van der Waals surface area contributed by atoms with E-state index >= 15 is 0 Å². The summed E-state index contributed by atoms with van der Waals surface area (Å²) in [6.45, 7) is 0.312.